The fourth-order valence-electron chi connectivity index (χ4n) is 13.3. The van der Waals surface area contributed by atoms with Gasteiger partial charge in [-0.15, -0.1) is 0 Å². The van der Waals surface area contributed by atoms with E-state index in [0.717, 1.165) is 11.8 Å². The Bertz CT molecular complexity index is 4440. The maximum absolute atomic E-state index is 14.0. The van der Waals surface area contributed by atoms with Gasteiger partial charge in [0.05, 0.1) is 77.5 Å². The molecule has 2 rings (SSSR count). The van der Waals surface area contributed by atoms with E-state index in [1.54, 1.807) is 20.1 Å². The van der Waals surface area contributed by atoms with Crippen LogP contribution >= 0.6 is 11.8 Å². The zero-order valence-corrected chi connectivity index (χ0v) is 80.0. The van der Waals surface area contributed by atoms with Gasteiger partial charge in [0.2, 0.25) is 130 Å². The van der Waals surface area contributed by atoms with Crippen molar-refractivity contribution in [1.82, 2.24) is 127 Å². The molecule has 790 valence electrons. The van der Waals surface area contributed by atoms with Gasteiger partial charge in [0.25, 0.3) is 0 Å². The van der Waals surface area contributed by atoms with Gasteiger partial charge in [0, 0.05) is 39.1 Å². The molecule has 0 bridgehead atoms. The zero-order valence-electron chi connectivity index (χ0n) is 79.2. The van der Waals surface area contributed by atoms with E-state index in [9.17, 15) is 125 Å². The largest absolute Gasteiger partial charge is 0.481 e. The molecule has 2 saturated heterocycles. The molecule has 0 unspecified atom stereocenters. The van der Waals surface area contributed by atoms with Crippen molar-refractivity contribution >= 4 is 172 Å². The minimum Gasteiger partial charge on any atom is -0.481 e. The van der Waals surface area contributed by atoms with Crippen LogP contribution in [0.25, 0.3) is 0 Å². The number of primary amides is 1. The third-order valence-corrected chi connectivity index (χ3v) is 22.0. The molecule has 60 nitrogen and oxygen atoms in total. The number of nitrogens with one attached hydrogen (secondary N) is 25. The summed E-state index contributed by atoms with van der Waals surface area (Å²) in [5.41, 5.74) is 27.5. The van der Waals surface area contributed by atoms with E-state index >= 15 is 0 Å². The van der Waals surface area contributed by atoms with Gasteiger partial charge in [-0.3, -0.25) is 127 Å². The molecule has 61 heteroatoms. The predicted octanol–water partition coefficient (Wildman–Crippen LogP) is -16.6. The van der Waals surface area contributed by atoms with Crippen molar-refractivity contribution < 1.29 is 135 Å². The van der Waals surface area contributed by atoms with E-state index in [0.29, 0.717) is 19.3 Å². The van der Waals surface area contributed by atoms with Crippen LogP contribution in [0.2, 0.25) is 0 Å². The highest BCUT2D eigenvalue weighted by molar-refractivity contribution is 7.98. The standard InChI is InChI=1S/C80H136N32O28S/c1-8-38(2)62(82)75(137)106-46(19-20-52(81)115)71(133)108-48(28-61(124)125)72(134)104-44(15-10-23-90-79(85)86)68(130)101-39(3)64(126)95-34-57(120)103-43(14-9-22-89-78(83)84)70(132)105-47(21-27-141-7)67(129)96-31-55(118)93-29-53(116)92-30-54(117)94-32-58(121)110-63(42(6)114)76(138)107-45(16-11-24-91-80(87)88)69(131)102-40(4)65(127)98-35-59(122)112-26-13-18-51(112)74(136)99-36-60(123)111-25-12-17-50(111)73(135)97-33-56(119)100-41(5)66(128)109-49(37-113)77(139)140/h38-51,62-63,113-114H,8-37,82H2,1-7H3,(H2,81,115)(H,92,116)(H,93,118)(H,94,117)(H,95,126)(H,96,129)(H,97,135)(H,98,127)(H,99,136)(H,100,119)(H,101,130)(H,102,131)(H,103,120)(H,104,134)(H,105,132)(H,106,137)(H,107,138)(H,108,133)(H,109,128)(H,110,121)(H,124,125)(H,139,140)(H4,83,84,89)(H4,85,86,90)(H4,87,88,91)/t38-,39-,40-,41-,42+,43-,44-,45-,46-,47-,48-,49-,50-,51-,62-,63-/m0/s1. The van der Waals surface area contributed by atoms with Crippen molar-refractivity contribution in [2.24, 2.45) is 34.6 Å². The Labute approximate surface area is 813 Å². The maximum atomic E-state index is 14.0. The van der Waals surface area contributed by atoms with Crippen molar-refractivity contribution in [3.8, 4) is 0 Å². The quantitative estimate of drug-likeness (QED) is 0.0153. The molecule has 16 atom stereocenters. The number of likely N-dealkylation sites (tertiary alicyclic amines) is 2. The highest BCUT2D eigenvalue weighted by Crippen LogP contribution is 2.20. The van der Waals surface area contributed by atoms with Crippen LogP contribution in [-0.2, 0) is 115 Å². The first-order valence-corrected chi connectivity index (χ1v) is 46.3. The molecule has 22 amide bonds. The summed E-state index contributed by atoms with van der Waals surface area (Å²) < 4.78 is 0. The lowest BCUT2D eigenvalue weighted by Crippen LogP contribution is -2.59. The third-order valence-electron chi connectivity index (χ3n) is 21.3. The number of aliphatic hydroxyl groups is 2. The number of hydrogen-bond donors (Lipinski definition) is 34. The minimum atomic E-state index is -1.93. The molecule has 2 aliphatic rings. The second kappa shape index (κ2) is 64.5. The highest BCUT2D eigenvalue weighted by atomic mass is 32.2. The van der Waals surface area contributed by atoms with Gasteiger partial charge in [0.15, 0.2) is 17.9 Å². The van der Waals surface area contributed by atoms with Crippen molar-refractivity contribution in [3.63, 3.8) is 0 Å². The second-order valence-electron chi connectivity index (χ2n) is 32.7. The molecule has 0 aliphatic carbocycles. The van der Waals surface area contributed by atoms with Gasteiger partial charge >= 0.3 is 11.9 Å². The van der Waals surface area contributed by atoms with Crippen LogP contribution in [0, 0.1) is 22.1 Å². The number of rotatable bonds is 65. The van der Waals surface area contributed by atoms with Crippen LogP contribution in [0.3, 0.4) is 0 Å². The van der Waals surface area contributed by atoms with Crippen molar-refractivity contribution in [3.05, 3.63) is 0 Å². The number of nitrogens with two attached hydrogens (primary N) is 5. The third kappa shape index (κ3) is 48.0. The Morgan fingerprint density at radius 3 is 1.16 bits per heavy atom. The lowest BCUT2D eigenvalue weighted by atomic mass is 9.98. The molecule has 141 heavy (non-hydrogen) atoms. The number of carboxylic acids is 2. The van der Waals surface area contributed by atoms with Crippen molar-refractivity contribution in [2.75, 3.05) is 104 Å². The molecule has 0 saturated carbocycles. The molecule has 0 spiro atoms. The summed E-state index contributed by atoms with van der Waals surface area (Å²) in [7, 11) is 0. The molecular formula is C80H136N32O28S. The van der Waals surface area contributed by atoms with Gasteiger partial charge < -0.3 is 176 Å². The molecule has 2 aliphatic heterocycles. The number of thioether (sulfide) groups is 1. The number of nitrogens with zero attached hydrogens (tertiary/aromatic N) is 2. The van der Waals surface area contributed by atoms with Crippen LogP contribution in [0.4, 0.5) is 0 Å². The number of hydrogen-bond acceptors (Lipinski definition) is 31. The Morgan fingerprint density at radius 2 is 0.730 bits per heavy atom. The monoisotopic (exact) mass is 2020 g/mol. The zero-order chi connectivity index (χ0) is 106. The fourth-order valence-corrected chi connectivity index (χ4v) is 13.7. The van der Waals surface area contributed by atoms with E-state index in [1.807, 2.05) is 5.32 Å². The highest BCUT2D eigenvalue weighted by Gasteiger charge is 2.41. The van der Waals surface area contributed by atoms with Gasteiger partial charge in [-0.2, -0.15) is 11.8 Å². The molecule has 0 aromatic rings. The number of aliphatic carboxylic acids is 2. The Kier molecular flexibility index (Phi) is 56.0. The smallest absolute Gasteiger partial charge is 0.328 e. The Hall–Kier alpha value is -14.7. The average Bonchev–Trinajstić information content (AvgIpc) is 1.73. The number of aliphatic hydroxyl groups excluding tert-OH is 2. The molecule has 0 aromatic heterocycles. The molecule has 2 heterocycles. The van der Waals surface area contributed by atoms with Crippen LogP contribution in [0.1, 0.15) is 138 Å². The van der Waals surface area contributed by atoms with Crippen LogP contribution in [0.5, 0.6) is 0 Å². The van der Waals surface area contributed by atoms with E-state index < -0.39 is 329 Å². The first-order valence-electron chi connectivity index (χ1n) is 44.9. The van der Waals surface area contributed by atoms with E-state index in [1.165, 1.54) is 37.4 Å². The lowest BCUT2D eigenvalue weighted by Gasteiger charge is -2.27. The maximum Gasteiger partial charge on any atom is 0.328 e. The first-order chi connectivity index (χ1) is 66.3. The normalized spacial score (nSPS) is 15.9. The van der Waals surface area contributed by atoms with E-state index in [4.69, 9.17) is 55.1 Å². The number of carbonyl (C=O) groups is 24. The Balaban J connectivity index is 2.03. The summed E-state index contributed by atoms with van der Waals surface area (Å²) in [5.74, 6) is -25.3. The second-order valence-corrected chi connectivity index (χ2v) is 33.7. The number of carboxylic acid groups (broad SMARTS) is 2. The Morgan fingerprint density at radius 1 is 0.383 bits per heavy atom. The predicted molar refractivity (Wildman–Crippen MR) is 497 cm³/mol. The average molecular weight is 2030 g/mol. The first kappa shape index (κ1) is 122. The summed E-state index contributed by atoms with van der Waals surface area (Å²) >= 11 is 1.26. The topological polar surface area (TPSA) is 963 Å². The summed E-state index contributed by atoms with van der Waals surface area (Å²) in [5, 5.41) is 113. The number of carbonyl (C=O) groups excluding carboxylic acids is 22. The van der Waals surface area contributed by atoms with Crippen LogP contribution in [-0.4, -0.2) is 384 Å². The van der Waals surface area contributed by atoms with Gasteiger partial charge in [-0.25, -0.2) is 4.79 Å². The van der Waals surface area contributed by atoms with Crippen molar-refractivity contribution in [2.45, 2.75) is 229 Å². The molecule has 2 fully saturated rings. The fraction of sp³-hybridized carbons (Fsp3) is 0.662. The number of amides is 22. The SMILES string of the molecule is CC[C@H](C)[C@H](N)C(=O)N[C@@H](CCC(N)=O)C(=O)N[C@@H](CC(=O)O)C(=O)N[C@@H](CCCNC(=N)N)C(=O)N[C@@H](C)C(=O)NCC(=O)N[C@@H](CCCNC(=N)N)C(=O)N[C@@H](CCSC)C(=O)NCC(=O)NCC(=O)NCC(=O)NCC(=O)N[C@H](C(=O)N[C@@H](CCCNC(=N)N)C(=O)N[C@@H](C)C(=O)NCC(=O)N1CCC[C@H]1C(=O)NCC(=O)N1CCC[C@H]1C(=O)NCC(=O)N[C@@H](C)C(=O)N[C@@H](CO)C(=O)O)[C@@H](C)O. The molecule has 39 N–H and O–H groups in total. The number of guanidine groups is 3. The van der Waals surface area contributed by atoms with Gasteiger partial charge in [0.1, 0.15) is 78.5 Å². The van der Waals surface area contributed by atoms with E-state index in [2.05, 4.69) is 112 Å². The minimum absolute atomic E-state index is 0.00223. The summed E-state index contributed by atoms with van der Waals surface area (Å²) in [6.07, 6.45) is -1.03. The van der Waals surface area contributed by atoms with Crippen LogP contribution < -0.4 is 146 Å². The molecular weight excluding hydrogens is 1890 g/mol. The summed E-state index contributed by atoms with van der Waals surface area (Å²) in [6, 6.07) is -20.4. The van der Waals surface area contributed by atoms with E-state index in [-0.39, 0.29) is 102 Å². The van der Waals surface area contributed by atoms with Crippen LogP contribution in [0.15, 0.2) is 0 Å². The molecule has 0 aromatic carbocycles. The summed E-state index contributed by atoms with van der Waals surface area (Å²) in [6.45, 7) is 1.34. The van der Waals surface area contributed by atoms with Gasteiger partial charge in [-0.05, 0) is 123 Å². The lowest BCUT2D eigenvalue weighted by molar-refractivity contribution is -0.143. The molecule has 0 radical (unpaired) electrons. The van der Waals surface area contributed by atoms with Crippen molar-refractivity contribution in [1.29, 1.82) is 16.2 Å². The summed E-state index contributed by atoms with van der Waals surface area (Å²) in [4.78, 5) is 317. The van der Waals surface area contributed by atoms with Gasteiger partial charge in [-0.1, -0.05) is 20.3 Å².